The molecule has 2 fully saturated rings. The number of rotatable bonds is 2. The summed E-state index contributed by atoms with van der Waals surface area (Å²) in [4.78, 5) is 2.70. The van der Waals surface area contributed by atoms with E-state index in [1.54, 1.807) is 5.56 Å². The monoisotopic (exact) mass is 215 g/mol. The van der Waals surface area contributed by atoms with Gasteiger partial charge >= 0.3 is 0 Å². The van der Waals surface area contributed by atoms with E-state index >= 15 is 0 Å². The third-order valence-electron chi connectivity index (χ3n) is 4.11. The molecule has 0 N–H and O–H groups in total. The Morgan fingerprint density at radius 1 is 1.06 bits per heavy atom. The molecule has 1 aromatic rings. The van der Waals surface area contributed by atoms with Crippen LogP contribution in [-0.2, 0) is 0 Å². The first-order chi connectivity index (χ1) is 7.83. The van der Waals surface area contributed by atoms with E-state index in [1.165, 1.54) is 44.3 Å². The largest absolute Gasteiger partial charge is 0.300 e. The van der Waals surface area contributed by atoms with Gasteiger partial charge in [-0.3, -0.25) is 0 Å². The van der Waals surface area contributed by atoms with Gasteiger partial charge in [-0.2, -0.15) is 0 Å². The van der Waals surface area contributed by atoms with Gasteiger partial charge < -0.3 is 4.90 Å². The number of nitrogens with zero attached hydrogens (tertiary/aromatic N) is 1. The molecule has 3 rings (SSSR count). The topological polar surface area (TPSA) is 3.24 Å². The minimum Gasteiger partial charge on any atom is -0.300 e. The molecule has 1 aromatic carbocycles. The first kappa shape index (κ1) is 10.3. The zero-order chi connectivity index (χ0) is 11.0. The van der Waals surface area contributed by atoms with Crippen LogP contribution < -0.4 is 0 Å². The molecule has 0 unspecified atom stereocenters. The van der Waals surface area contributed by atoms with Crippen LogP contribution in [0.15, 0.2) is 24.3 Å². The normalized spacial score (nSPS) is 23.6. The van der Waals surface area contributed by atoms with Gasteiger partial charge in [0.25, 0.3) is 0 Å². The number of hydrogen-bond donors (Lipinski definition) is 0. The summed E-state index contributed by atoms with van der Waals surface area (Å²) in [6.45, 7) is 4.84. The van der Waals surface area contributed by atoms with Crippen molar-refractivity contribution in [1.82, 2.24) is 4.90 Å². The van der Waals surface area contributed by atoms with Crippen LogP contribution in [-0.4, -0.2) is 24.0 Å². The number of hydrogen-bond acceptors (Lipinski definition) is 1. The molecule has 1 heteroatoms. The molecule has 1 aliphatic carbocycles. The number of aryl methyl sites for hydroxylation is 1. The highest BCUT2D eigenvalue weighted by atomic mass is 15.2. The second-order valence-corrected chi connectivity index (χ2v) is 5.46. The Morgan fingerprint density at radius 2 is 1.81 bits per heavy atom. The standard InChI is InChI=1S/C15H21N/c1-12-3-2-4-14(11-12)13-7-9-16(10-8-13)15-5-6-15/h2-4,11,13,15H,5-10H2,1H3. The molecule has 1 nitrogen and oxygen atoms in total. The Morgan fingerprint density at radius 3 is 2.44 bits per heavy atom. The van der Waals surface area contributed by atoms with Crippen molar-refractivity contribution in [3.05, 3.63) is 35.4 Å². The average molecular weight is 215 g/mol. The number of piperidine rings is 1. The summed E-state index contributed by atoms with van der Waals surface area (Å²) in [5.74, 6) is 0.815. The summed E-state index contributed by atoms with van der Waals surface area (Å²) < 4.78 is 0. The second-order valence-electron chi connectivity index (χ2n) is 5.46. The quantitative estimate of drug-likeness (QED) is 0.731. The summed E-state index contributed by atoms with van der Waals surface area (Å²) in [7, 11) is 0. The summed E-state index contributed by atoms with van der Waals surface area (Å²) in [6.07, 6.45) is 5.63. The molecular formula is C15H21N. The molecule has 0 amide bonds. The molecular weight excluding hydrogens is 194 g/mol. The lowest BCUT2D eigenvalue weighted by atomic mass is 9.88. The van der Waals surface area contributed by atoms with Crippen LogP contribution in [0.5, 0.6) is 0 Å². The van der Waals surface area contributed by atoms with E-state index in [9.17, 15) is 0 Å². The van der Waals surface area contributed by atoms with Gasteiger partial charge in [0.05, 0.1) is 0 Å². The van der Waals surface area contributed by atoms with Crippen molar-refractivity contribution in [3.63, 3.8) is 0 Å². The van der Waals surface area contributed by atoms with Gasteiger partial charge in [0, 0.05) is 6.04 Å². The first-order valence-electron chi connectivity index (χ1n) is 6.63. The van der Waals surface area contributed by atoms with Crippen molar-refractivity contribution in [2.45, 2.75) is 44.6 Å². The summed E-state index contributed by atoms with van der Waals surface area (Å²) in [6, 6.07) is 10.0. The fourth-order valence-electron chi connectivity index (χ4n) is 2.96. The lowest BCUT2D eigenvalue weighted by Crippen LogP contribution is -2.34. The van der Waals surface area contributed by atoms with Crippen LogP contribution in [0.1, 0.15) is 42.7 Å². The molecule has 1 aliphatic heterocycles. The molecule has 0 bridgehead atoms. The van der Waals surface area contributed by atoms with E-state index in [2.05, 4.69) is 36.1 Å². The Labute approximate surface area is 98.5 Å². The van der Waals surface area contributed by atoms with Gasteiger partial charge in [-0.25, -0.2) is 0 Å². The highest BCUT2D eigenvalue weighted by molar-refractivity contribution is 5.25. The molecule has 0 radical (unpaired) electrons. The molecule has 0 aromatic heterocycles. The number of likely N-dealkylation sites (tertiary alicyclic amines) is 1. The van der Waals surface area contributed by atoms with Gasteiger partial charge in [0.1, 0.15) is 0 Å². The zero-order valence-corrected chi connectivity index (χ0v) is 10.2. The first-order valence-corrected chi connectivity index (χ1v) is 6.63. The SMILES string of the molecule is Cc1cccc(C2CCN(C3CC3)CC2)c1. The van der Waals surface area contributed by atoms with Gasteiger partial charge in [-0.1, -0.05) is 29.8 Å². The maximum absolute atomic E-state index is 2.70. The van der Waals surface area contributed by atoms with Crippen LogP contribution in [0.4, 0.5) is 0 Å². The maximum Gasteiger partial charge on any atom is 0.00964 e. The average Bonchev–Trinajstić information content (AvgIpc) is 3.13. The van der Waals surface area contributed by atoms with E-state index in [-0.39, 0.29) is 0 Å². The Bertz CT molecular complexity index is 359. The van der Waals surface area contributed by atoms with Crippen molar-refractivity contribution in [3.8, 4) is 0 Å². The second kappa shape index (κ2) is 4.21. The van der Waals surface area contributed by atoms with Crippen LogP contribution in [0.3, 0.4) is 0 Å². The van der Waals surface area contributed by atoms with E-state index in [1.807, 2.05) is 0 Å². The molecule has 1 saturated heterocycles. The minimum atomic E-state index is 0.815. The predicted octanol–water partition coefficient (Wildman–Crippen LogP) is 3.34. The minimum absolute atomic E-state index is 0.815. The van der Waals surface area contributed by atoms with Crippen molar-refractivity contribution < 1.29 is 0 Å². The summed E-state index contributed by atoms with van der Waals surface area (Å²) in [5.41, 5.74) is 2.97. The smallest absolute Gasteiger partial charge is 0.00964 e. The highest BCUT2D eigenvalue weighted by Crippen LogP contribution is 2.34. The predicted molar refractivity (Wildman–Crippen MR) is 67.7 cm³/mol. The fraction of sp³-hybridized carbons (Fsp3) is 0.600. The van der Waals surface area contributed by atoms with E-state index < -0.39 is 0 Å². The van der Waals surface area contributed by atoms with E-state index in [4.69, 9.17) is 0 Å². The lowest BCUT2D eigenvalue weighted by Gasteiger charge is -2.32. The van der Waals surface area contributed by atoms with Gasteiger partial charge in [-0.15, -0.1) is 0 Å². The fourth-order valence-corrected chi connectivity index (χ4v) is 2.96. The third-order valence-corrected chi connectivity index (χ3v) is 4.11. The van der Waals surface area contributed by atoms with E-state index in [0.717, 1.165) is 12.0 Å². The molecule has 0 atom stereocenters. The van der Waals surface area contributed by atoms with Crippen LogP contribution >= 0.6 is 0 Å². The summed E-state index contributed by atoms with van der Waals surface area (Å²) in [5, 5.41) is 0. The highest BCUT2D eigenvalue weighted by Gasteiger charge is 2.31. The lowest BCUT2D eigenvalue weighted by molar-refractivity contribution is 0.203. The van der Waals surface area contributed by atoms with Crippen LogP contribution in [0.2, 0.25) is 0 Å². The van der Waals surface area contributed by atoms with Gasteiger partial charge in [0.2, 0.25) is 0 Å². The van der Waals surface area contributed by atoms with Gasteiger partial charge in [0.15, 0.2) is 0 Å². The summed E-state index contributed by atoms with van der Waals surface area (Å²) >= 11 is 0. The number of benzene rings is 1. The molecule has 0 spiro atoms. The molecule has 1 saturated carbocycles. The van der Waals surface area contributed by atoms with Crippen LogP contribution in [0.25, 0.3) is 0 Å². The van der Waals surface area contributed by atoms with Crippen molar-refractivity contribution in [1.29, 1.82) is 0 Å². The van der Waals surface area contributed by atoms with Gasteiger partial charge in [-0.05, 0) is 57.2 Å². The third kappa shape index (κ3) is 2.15. The molecule has 2 aliphatic rings. The Hall–Kier alpha value is -0.820. The molecule has 16 heavy (non-hydrogen) atoms. The van der Waals surface area contributed by atoms with Crippen molar-refractivity contribution in [2.75, 3.05) is 13.1 Å². The van der Waals surface area contributed by atoms with E-state index in [0.29, 0.717) is 0 Å². The Kier molecular flexibility index (Phi) is 2.72. The van der Waals surface area contributed by atoms with Crippen molar-refractivity contribution in [2.24, 2.45) is 0 Å². The van der Waals surface area contributed by atoms with Crippen LogP contribution in [0, 0.1) is 6.92 Å². The maximum atomic E-state index is 2.70. The van der Waals surface area contributed by atoms with Crippen molar-refractivity contribution >= 4 is 0 Å². The Balaban J connectivity index is 1.64. The molecule has 86 valence electrons. The molecule has 1 heterocycles. The zero-order valence-electron chi connectivity index (χ0n) is 10.2.